The Morgan fingerprint density at radius 2 is 2.16 bits per heavy atom. The first-order valence-electron chi connectivity index (χ1n) is 6.70. The van der Waals surface area contributed by atoms with Crippen LogP contribution >= 0.6 is 12.2 Å². The van der Waals surface area contributed by atoms with Crippen molar-refractivity contribution in [3.63, 3.8) is 0 Å². The minimum Gasteiger partial charge on any atom is -0.392 e. The van der Waals surface area contributed by atoms with E-state index in [9.17, 15) is 9.59 Å². The Labute approximate surface area is 118 Å². The van der Waals surface area contributed by atoms with Gasteiger partial charge in [0.05, 0.1) is 10.4 Å². The summed E-state index contributed by atoms with van der Waals surface area (Å²) in [7, 11) is 1.76. The monoisotopic (exact) mass is 283 g/mol. The van der Waals surface area contributed by atoms with Gasteiger partial charge in [0.15, 0.2) is 0 Å². The summed E-state index contributed by atoms with van der Waals surface area (Å²) in [6.07, 6.45) is 2.64. The molecule has 2 amide bonds. The molecule has 1 saturated heterocycles. The summed E-state index contributed by atoms with van der Waals surface area (Å²) in [5, 5.41) is 3.01. The molecule has 2 aliphatic rings. The quantitative estimate of drug-likeness (QED) is 0.736. The highest BCUT2D eigenvalue weighted by molar-refractivity contribution is 7.80. The zero-order chi connectivity index (χ0) is 14.2. The Hall–Kier alpha value is -1.17. The van der Waals surface area contributed by atoms with E-state index in [1.165, 1.54) is 0 Å². The van der Waals surface area contributed by atoms with Gasteiger partial charge in [-0.3, -0.25) is 9.59 Å². The first-order valence-corrected chi connectivity index (χ1v) is 7.11. The van der Waals surface area contributed by atoms with Crippen molar-refractivity contribution in [3.8, 4) is 0 Å². The number of carbonyl (C=O) groups excluding carboxylic acids is 2. The predicted octanol–water partition coefficient (Wildman–Crippen LogP) is 0.426. The van der Waals surface area contributed by atoms with Gasteiger partial charge in [-0.25, -0.2) is 0 Å². The molecule has 0 bridgehead atoms. The van der Waals surface area contributed by atoms with Gasteiger partial charge in [-0.2, -0.15) is 0 Å². The first-order chi connectivity index (χ1) is 8.85. The third-order valence-electron chi connectivity index (χ3n) is 4.26. The molecule has 1 aliphatic carbocycles. The SMILES string of the molecule is CC1CC(C(=O)NC2CCC(=O)N(C)C2)(C(N)=S)C1. The number of carbonyl (C=O) groups is 2. The van der Waals surface area contributed by atoms with Crippen LogP contribution in [0.25, 0.3) is 0 Å². The molecule has 1 unspecified atom stereocenters. The highest BCUT2D eigenvalue weighted by Gasteiger charge is 2.51. The van der Waals surface area contributed by atoms with Gasteiger partial charge in [0.2, 0.25) is 11.8 Å². The lowest BCUT2D eigenvalue weighted by Gasteiger charge is -2.45. The summed E-state index contributed by atoms with van der Waals surface area (Å²) < 4.78 is 0. The van der Waals surface area contributed by atoms with Crippen molar-refractivity contribution < 1.29 is 9.59 Å². The summed E-state index contributed by atoms with van der Waals surface area (Å²) in [5.41, 5.74) is 5.10. The second-order valence-electron chi connectivity index (χ2n) is 5.94. The van der Waals surface area contributed by atoms with E-state index in [1.54, 1.807) is 11.9 Å². The molecule has 0 spiro atoms. The number of hydrogen-bond donors (Lipinski definition) is 2. The van der Waals surface area contributed by atoms with Crippen LogP contribution in [0, 0.1) is 11.3 Å². The fourth-order valence-corrected chi connectivity index (χ4v) is 3.34. The fraction of sp³-hybridized carbons (Fsp3) is 0.769. The van der Waals surface area contributed by atoms with Crippen LogP contribution in [0.3, 0.4) is 0 Å². The van der Waals surface area contributed by atoms with Crippen LogP contribution in [0.2, 0.25) is 0 Å². The topological polar surface area (TPSA) is 75.4 Å². The second kappa shape index (κ2) is 5.07. The van der Waals surface area contributed by atoms with Gasteiger partial charge in [-0.1, -0.05) is 19.1 Å². The average molecular weight is 283 g/mol. The number of amides is 2. The van der Waals surface area contributed by atoms with Crippen molar-refractivity contribution in [2.24, 2.45) is 17.1 Å². The van der Waals surface area contributed by atoms with E-state index in [-0.39, 0.29) is 17.9 Å². The number of hydrogen-bond acceptors (Lipinski definition) is 3. The molecule has 0 aromatic rings. The zero-order valence-electron chi connectivity index (χ0n) is 11.4. The molecular weight excluding hydrogens is 262 g/mol. The Bertz CT molecular complexity index is 418. The van der Waals surface area contributed by atoms with Crippen LogP contribution in [0.4, 0.5) is 0 Å². The highest BCUT2D eigenvalue weighted by Crippen LogP contribution is 2.46. The van der Waals surface area contributed by atoms with Crippen LogP contribution < -0.4 is 11.1 Å². The molecule has 6 heteroatoms. The molecule has 1 aliphatic heterocycles. The van der Waals surface area contributed by atoms with E-state index in [0.717, 1.165) is 12.8 Å². The summed E-state index contributed by atoms with van der Waals surface area (Å²) in [6.45, 7) is 2.66. The van der Waals surface area contributed by atoms with Gasteiger partial charge >= 0.3 is 0 Å². The van der Waals surface area contributed by atoms with E-state index in [0.29, 0.717) is 30.3 Å². The van der Waals surface area contributed by atoms with Gasteiger partial charge in [0.1, 0.15) is 0 Å². The number of nitrogens with two attached hydrogens (primary N) is 1. The zero-order valence-corrected chi connectivity index (χ0v) is 12.3. The second-order valence-corrected chi connectivity index (χ2v) is 6.38. The van der Waals surface area contributed by atoms with Crippen LogP contribution in [-0.2, 0) is 9.59 Å². The minimum atomic E-state index is -0.658. The van der Waals surface area contributed by atoms with Gasteiger partial charge in [0.25, 0.3) is 0 Å². The Kier molecular flexibility index (Phi) is 3.80. The fourth-order valence-electron chi connectivity index (χ4n) is 3.08. The van der Waals surface area contributed by atoms with Crippen molar-refractivity contribution in [3.05, 3.63) is 0 Å². The van der Waals surface area contributed by atoms with E-state index in [1.807, 2.05) is 0 Å². The van der Waals surface area contributed by atoms with Crippen molar-refractivity contribution in [1.82, 2.24) is 10.2 Å². The molecule has 1 atom stereocenters. The number of nitrogens with one attached hydrogen (secondary N) is 1. The van der Waals surface area contributed by atoms with Gasteiger partial charge in [-0.15, -0.1) is 0 Å². The predicted molar refractivity (Wildman–Crippen MR) is 76.4 cm³/mol. The van der Waals surface area contributed by atoms with E-state index in [2.05, 4.69) is 12.2 Å². The Morgan fingerprint density at radius 3 is 2.63 bits per heavy atom. The lowest BCUT2D eigenvalue weighted by molar-refractivity contribution is -0.137. The third-order valence-corrected chi connectivity index (χ3v) is 4.65. The maximum atomic E-state index is 12.4. The molecule has 3 N–H and O–H groups in total. The lowest BCUT2D eigenvalue weighted by Crippen LogP contribution is -2.59. The van der Waals surface area contributed by atoms with Crippen LogP contribution in [0.15, 0.2) is 0 Å². The molecule has 1 heterocycles. The average Bonchev–Trinajstić information content (AvgIpc) is 2.29. The molecule has 0 radical (unpaired) electrons. The van der Waals surface area contributed by atoms with Gasteiger partial charge in [-0.05, 0) is 25.2 Å². The maximum absolute atomic E-state index is 12.4. The normalized spacial score (nSPS) is 34.6. The van der Waals surface area contributed by atoms with Crippen LogP contribution in [0.5, 0.6) is 0 Å². The van der Waals surface area contributed by atoms with E-state index < -0.39 is 5.41 Å². The lowest BCUT2D eigenvalue weighted by atomic mass is 9.62. The van der Waals surface area contributed by atoms with Crippen molar-refractivity contribution in [1.29, 1.82) is 0 Å². The number of thiocarbonyl (C=S) groups is 1. The number of likely N-dealkylation sites (tertiary alicyclic amines) is 1. The Morgan fingerprint density at radius 1 is 1.53 bits per heavy atom. The molecule has 1 saturated carbocycles. The van der Waals surface area contributed by atoms with Crippen molar-refractivity contribution in [2.45, 2.75) is 38.6 Å². The number of piperidine rings is 1. The molecule has 2 rings (SSSR count). The van der Waals surface area contributed by atoms with Crippen molar-refractivity contribution >= 4 is 29.0 Å². The number of rotatable bonds is 3. The van der Waals surface area contributed by atoms with Gasteiger partial charge in [0, 0.05) is 26.1 Å². The maximum Gasteiger partial charge on any atom is 0.233 e. The highest BCUT2D eigenvalue weighted by atomic mass is 32.1. The van der Waals surface area contributed by atoms with E-state index >= 15 is 0 Å². The standard InChI is InChI=1S/C13H21N3O2S/c1-8-5-13(6-8,11(14)19)12(18)15-9-3-4-10(17)16(2)7-9/h8-9H,3-7H2,1-2H3,(H2,14,19)(H,15,18). The first kappa shape index (κ1) is 14.2. The largest absolute Gasteiger partial charge is 0.392 e. The summed E-state index contributed by atoms with van der Waals surface area (Å²) >= 11 is 5.07. The third kappa shape index (κ3) is 2.59. The van der Waals surface area contributed by atoms with Crippen LogP contribution in [-0.4, -0.2) is 41.3 Å². The summed E-state index contributed by atoms with van der Waals surface area (Å²) in [6, 6.07) is 0.0114. The molecule has 2 fully saturated rings. The summed E-state index contributed by atoms with van der Waals surface area (Å²) in [5.74, 6) is 0.556. The number of nitrogens with zero attached hydrogens (tertiary/aromatic N) is 1. The van der Waals surface area contributed by atoms with Crippen LogP contribution in [0.1, 0.15) is 32.6 Å². The molecule has 19 heavy (non-hydrogen) atoms. The van der Waals surface area contributed by atoms with Crippen molar-refractivity contribution in [2.75, 3.05) is 13.6 Å². The molecule has 106 valence electrons. The van der Waals surface area contributed by atoms with E-state index in [4.69, 9.17) is 18.0 Å². The summed E-state index contributed by atoms with van der Waals surface area (Å²) in [4.78, 5) is 25.8. The van der Waals surface area contributed by atoms with Gasteiger partial charge < -0.3 is 16.0 Å². The smallest absolute Gasteiger partial charge is 0.233 e. The number of likely N-dealkylation sites (N-methyl/N-ethyl adjacent to an activating group) is 1. The minimum absolute atomic E-state index is 0.0114. The molecule has 5 nitrogen and oxygen atoms in total. The molecular formula is C13H21N3O2S. The Balaban J connectivity index is 1.97. The molecule has 0 aromatic heterocycles. The molecule has 0 aromatic carbocycles.